The number of benzene rings is 2. The zero-order valence-electron chi connectivity index (χ0n) is 37.2. The minimum absolute atomic E-state index is 0. The SMILES string of the molecule is C.C.Cc1nc(C)c(C(=O)N(C)c2ccc(F)c(-c3nc4ncc(-c5ccccn5)cn4n3)c2)o1.Cc1nc(C)c(C(=O)Nc2ccc(F)c(-c3nc4ncc(-c5ccccn5)cn4n3)c2)o1.[2H]CF. The molecule has 10 aromatic rings. The van der Waals surface area contributed by atoms with Crippen molar-refractivity contribution in [2.24, 2.45) is 0 Å². The number of rotatable bonds is 8. The van der Waals surface area contributed by atoms with Crippen molar-refractivity contribution in [1.29, 1.82) is 0 Å². The number of nitrogens with one attached hydrogen (secondary N) is 1. The second-order valence-electron chi connectivity index (χ2n) is 14.4. The summed E-state index contributed by atoms with van der Waals surface area (Å²) in [6.07, 6.45) is 10.1. The lowest BCUT2D eigenvalue weighted by Crippen LogP contribution is -2.26. The number of halogens is 3. The molecule has 0 saturated carbocycles. The average Bonchev–Trinajstić information content (AvgIpc) is 4.14. The topological polar surface area (TPSA) is 213 Å². The van der Waals surface area contributed by atoms with Gasteiger partial charge in [0.25, 0.3) is 23.4 Å². The van der Waals surface area contributed by atoms with E-state index in [-0.39, 0.29) is 49.1 Å². The lowest BCUT2D eigenvalue weighted by Gasteiger charge is -2.17. The molecule has 8 aromatic heterocycles. The van der Waals surface area contributed by atoms with E-state index in [1.165, 1.54) is 50.3 Å². The van der Waals surface area contributed by atoms with E-state index in [0.717, 1.165) is 22.5 Å². The molecule has 10 rings (SSSR count). The van der Waals surface area contributed by atoms with E-state index in [2.05, 4.69) is 55.4 Å². The van der Waals surface area contributed by atoms with Gasteiger partial charge >= 0.3 is 0 Å². The third-order valence-corrected chi connectivity index (χ3v) is 9.86. The van der Waals surface area contributed by atoms with Gasteiger partial charge in [0.2, 0.25) is 11.5 Å². The quantitative estimate of drug-likeness (QED) is 0.150. The lowest BCUT2D eigenvalue weighted by atomic mass is 10.1. The van der Waals surface area contributed by atoms with Crippen molar-refractivity contribution in [3.8, 4) is 45.3 Å². The molecule has 0 radical (unpaired) electrons. The second kappa shape index (κ2) is 21.1. The number of alkyl halides is 1. The summed E-state index contributed by atoms with van der Waals surface area (Å²) >= 11 is 0. The molecular formula is C48H45F3N14O4. The summed E-state index contributed by atoms with van der Waals surface area (Å²) < 4.78 is 58.5. The van der Waals surface area contributed by atoms with E-state index in [4.69, 9.17) is 10.2 Å². The Morgan fingerprint density at radius 1 is 0.667 bits per heavy atom. The fraction of sp³-hybridized carbons (Fsp3) is 0.167. The molecule has 0 fully saturated rings. The summed E-state index contributed by atoms with van der Waals surface area (Å²) in [4.78, 5) is 60.8. The van der Waals surface area contributed by atoms with Crippen LogP contribution in [0.2, 0.25) is 0 Å². The summed E-state index contributed by atoms with van der Waals surface area (Å²) in [5.41, 5.74) is 4.99. The number of fused-ring (bicyclic) bond motifs is 2. The van der Waals surface area contributed by atoms with Crippen LogP contribution in [0.1, 0.15) is 60.5 Å². The molecule has 2 aromatic carbocycles. The van der Waals surface area contributed by atoms with Gasteiger partial charge in [0.05, 0.1) is 42.4 Å². The highest BCUT2D eigenvalue weighted by Crippen LogP contribution is 2.29. The van der Waals surface area contributed by atoms with Gasteiger partial charge in [0.15, 0.2) is 23.4 Å². The van der Waals surface area contributed by atoms with Gasteiger partial charge in [-0.15, -0.1) is 10.2 Å². The Bertz CT molecular complexity index is 3440. The number of hydrogen-bond donors (Lipinski definition) is 1. The Balaban J connectivity index is 0.000000212. The number of carbonyl (C=O) groups excluding carboxylic acids is 2. The Kier molecular flexibility index (Phi) is 14.7. The van der Waals surface area contributed by atoms with Gasteiger partial charge in [0.1, 0.15) is 11.6 Å². The molecule has 2 amide bonds. The van der Waals surface area contributed by atoms with Gasteiger partial charge in [-0.3, -0.25) is 23.9 Å². The van der Waals surface area contributed by atoms with Gasteiger partial charge in [-0.05, 0) is 74.5 Å². The predicted octanol–water partition coefficient (Wildman–Crippen LogP) is 9.58. The van der Waals surface area contributed by atoms with Crippen LogP contribution in [0, 0.1) is 39.3 Å². The second-order valence-corrected chi connectivity index (χ2v) is 14.4. The van der Waals surface area contributed by atoms with E-state index in [1.54, 1.807) is 71.9 Å². The predicted molar refractivity (Wildman–Crippen MR) is 252 cm³/mol. The number of aryl methyl sites for hydroxylation is 4. The molecule has 18 nitrogen and oxygen atoms in total. The maximum absolute atomic E-state index is 14.7. The van der Waals surface area contributed by atoms with Crippen LogP contribution in [0.15, 0.2) is 119 Å². The van der Waals surface area contributed by atoms with E-state index in [9.17, 15) is 22.8 Å². The fourth-order valence-electron chi connectivity index (χ4n) is 6.72. The monoisotopic (exact) mass is 939 g/mol. The first-order valence-corrected chi connectivity index (χ1v) is 20.0. The van der Waals surface area contributed by atoms with Crippen LogP contribution in [-0.2, 0) is 0 Å². The molecule has 0 atom stereocenters. The van der Waals surface area contributed by atoms with Crippen LogP contribution in [0.5, 0.6) is 0 Å². The summed E-state index contributed by atoms with van der Waals surface area (Å²) in [5, 5.41) is 11.4. The first-order chi connectivity index (χ1) is 32.8. The number of carbonyl (C=O) groups is 2. The van der Waals surface area contributed by atoms with Gasteiger partial charge in [-0.25, -0.2) is 37.7 Å². The Hall–Kier alpha value is -9.01. The molecule has 0 bridgehead atoms. The van der Waals surface area contributed by atoms with Crippen molar-refractivity contribution < 1.29 is 33.0 Å². The lowest BCUT2D eigenvalue weighted by molar-refractivity contribution is 0.0962. The van der Waals surface area contributed by atoms with Crippen molar-refractivity contribution in [1.82, 2.24) is 59.1 Å². The Morgan fingerprint density at radius 2 is 1.16 bits per heavy atom. The minimum atomic E-state index is -1.00. The molecule has 69 heavy (non-hydrogen) atoms. The molecule has 8 heterocycles. The molecule has 0 aliphatic heterocycles. The van der Waals surface area contributed by atoms with E-state index >= 15 is 0 Å². The number of hydrogen-bond acceptors (Lipinski definition) is 14. The Labute approximate surface area is 394 Å². The minimum Gasteiger partial charge on any atom is -0.436 e. The molecule has 0 aliphatic rings. The largest absolute Gasteiger partial charge is 0.436 e. The number of nitrogens with zero attached hydrogens (tertiary/aromatic N) is 13. The normalized spacial score (nSPS) is 10.8. The number of aromatic nitrogens is 12. The summed E-state index contributed by atoms with van der Waals surface area (Å²) in [6, 6.07) is 19.5. The highest BCUT2D eigenvalue weighted by atomic mass is 19.1. The van der Waals surface area contributed by atoms with E-state index in [0.29, 0.717) is 46.1 Å². The molecule has 0 aliphatic carbocycles. The van der Waals surface area contributed by atoms with E-state index < -0.39 is 30.6 Å². The number of amides is 2. The molecular weight excluding hydrogens is 894 g/mol. The van der Waals surface area contributed by atoms with Crippen LogP contribution >= 0.6 is 0 Å². The van der Waals surface area contributed by atoms with Gasteiger partial charge in [0, 0.05) is 80.6 Å². The van der Waals surface area contributed by atoms with Crippen molar-refractivity contribution in [2.45, 2.75) is 42.5 Å². The molecule has 352 valence electrons. The molecule has 0 saturated heterocycles. The first-order valence-electron chi connectivity index (χ1n) is 20.7. The van der Waals surface area contributed by atoms with Crippen LogP contribution in [0.25, 0.3) is 56.8 Å². The molecule has 0 spiro atoms. The van der Waals surface area contributed by atoms with Crippen molar-refractivity contribution >= 4 is 34.7 Å². The van der Waals surface area contributed by atoms with Gasteiger partial charge in [-0.1, -0.05) is 27.0 Å². The zero-order chi connectivity index (χ0) is 48.1. The third kappa shape index (κ3) is 10.5. The number of anilines is 2. The van der Waals surface area contributed by atoms with Crippen molar-refractivity contribution in [2.75, 3.05) is 24.4 Å². The van der Waals surface area contributed by atoms with Crippen LogP contribution < -0.4 is 10.2 Å². The summed E-state index contributed by atoms with van der Waals surface area (Å²) in [6.45, 7) is 6.69. The Morgan fingerprint density at radius 3 is 1.64 bits per heavy atom. The highest BCUT2D eigenvalue weighted by Gasteiger charge is 2.24. The van der Waals surface area contributed by atoms with Crippen LogP contribution in [0.4, 0.5) is 24.5 Å². The first kappa shape index (κ1) is 47.9. The number of oxazole rings is 2. The average molecular weight is 940 g/mol. The van der Waals surface area contributed by atoms with Crippen LogP contribution in [0.3, 0.4) is 0 Å². The highest BCUT2D eigenvalue weighted by molar-refractivity contribution is 6.05. The molecule has 0 unspecified atom stereocenters. The van der Waals surface area contributed by atoms with Gasteiger partial charge < -0.3 is 19.1 Å². The molecule has 1 N–H and O–H groups in total. The third-order valence-electron chi connectivity index (χ3n) is 9.86. The van der Waals surface area contributed by atoms with Crippen molar-refractivity contribution in [3.63, 3.8) is 0 Å². The van der Waals surface area contributed by atoms with E-state index in [1.807, 2.05) is 36.4 Å². The summed E-state index contributed by atoms with van der Waals surface area (Å²) in [5.74, 6) is -0.00219. The fourth-order valence-corrected chi connectivity index (χ4v) is 6.72. The maximum atomic E-state index is 14.7. The standard InChI is InChI=1S/C23H18FN7O2.C22H16FN7O2.CH3F.2CH4/c1-13-20(33-14(2)27-13)22(32)30(3)16-7-8-18(24)17(10-16)21-28-23-26-11-15(12-31(23)29-21)19-6-4-5-9-25-19;1-12-19(32-13(2)26-12)21(31)27-15-6-7-17(23)16(9-15)20-28-22-25-10-14(11-30(22)29-20)18-5-3-4-8-24-18;1-2;;/h4-12H,1-3H3;3-11H,1-2H3,(H,27,31);1H3;2*1H4/i;;1D;;. The molecule has 21 heteroatoms. The number of pyridine rings is 2. The smallest absolute Gasteiger partial charge is 0.295 e. The van der Waals surface area contributed by atoms with Crippen molar-refractivity contribution in [3.05, 3.63) is 156 Å². The maximum Gasteiger partial charge on any atom is 0.295 e. The van der Waals surface area contributed by atoms with Gasteiger partial charge in [-0.2, -0.15) is 9.97 Å². The summed E-state index contributed by atoms with van der Waals surface area (Å²) in [7, 11) is 0.578. The van der Waals surface area contributed by atoms with Crippen LogP contribution in [-0.4, -0.2) is 85.1 Å². The zero-order valence-corrected chi connectivity index (χ0v) is 36.2.